The second kappa shape index (κ2) is 10.2. The number of para-hydroxylation sites is 1. The summed E-state index contributed by atoms with van der Waals surface area (Å²) in [6, 6.07) is 18.3. The Balaban J connectivity index is 1.18. The zero-order chi connectivity index (χ0) is 23.3. The lowest BCUT2D eigenvalue weighted by Gasteiger charge is -2.31. The number of piperidine rings is 1. The van der Waals surface area contributed by atoms with Gasteiger partial charge in [0.1, 0.15) is 17.0 Å². The topological polar surface area (TPSA) is 76.0 Å². The van der Waals surface area contributed by atoms with E-state index in [0.29, 0.717) is 30.0 Å². The molecule has 0 atom stereocenters. The van der Waals surface area contributed by atoms with Gasteiger partial charge in [-0.1, -0.05) is 30.3 Å². The summed E-state index contributed by atoms with van der Waals surface area (Å²) < 4.78 is 7.27. The van der Waals surface area contributed by atoms with Crippen LogP contribution in [0, 0.1) is 5.92 Å². The van der Waals surface area contributed by atoms with Gasteiger partial charge in [0, 0.05) is 0 Å². The van der Waals surface area contributed by atoms with Crippen molar-refractivity contribution in [1.82, 2.24) is 24.6 Å². The van der Waals surface area contributed by atoms with E-state index >= 15 is 0 Å². The second-order valence-electron chi connectivity index (χ2n) is 8.98. The maximum Gasteiger partial charge on any atom is 0.262 e. The fraction of sp³-hybridized carbons (Fsp3) is 0.370. The number of fused-ring (bicyclic) bond motifs is 1. The number of aryl methyl sites for hydroxylation is 1. The predicted molar refractivity (Wildman–Crippen MR) is 133 cm³/mol. The summed E-state index contributed by atoms with van der Waals surface area (Å²) in [4.78, 5) is 22.8. The maximum atomic E-state index is 12.6. The quantitative estimate of drug-likeness (QED) is 0.426. The van der Waals surface area contributed by atoms with Crippen LogP contribution in [0.2, 0.25) is 0 Å². The summed E-state index contributed by atoms with van der Waals surface area (Å²) in [6.07, 6.45) is 6.25. The molecule has 7 heteroatoms. The Bertz CT molecular complexity index is 1270. The van der Waals surface area contributed by atoms with E-state index in [1.54, 1.807) is 10.9 Å². The van der Waals surface area contributed by atoms with Crippen LogP contribution in [0.15, 0.2) is 65.6 Å². The highest BCUT2D eigenvalue weighted by Gasteiger charge is 2.20. The van der Waals surface area contributed by atoms with E-state index in [0.717, 1.165) is 36.9 Å². The molecule has 2 aromatic heterocycles. The van der Waals surface area contributed by atoms with E-state index < -0.39 is 0 Å². The third-order valence-electron chi connectivity index (χ3n) is 6.64. The molecule has 4 aromatic rings. The van der Waals surface area contributed by atoms with Crippen LogP contribution >= 0.6 is 0 Å². The molecule has 0 amide bonds. The van der Waals surface area contributed by atoms with Crippen molar-refractivity contribution in [2.75, 3.05) is 19.7 Å². The van der Waals surface area contributed by atoms with Crippen LogP contribution in [0.1, 0.15) is 37.6 Å². The van der Waals surface area contributed by atoms with Crippen molar-refractivity contribution in [2.24, 2.45) is 5.92 Å². The largest absolute Gasteiger partial charge is 0.494 e. The third-order valence-corrected chi connectivity index (χ3v) is 6.64. The molecule has 5 rings (SSSR count). The molecule has 0 aliphatic carbocycles. The van der Waals surface area contributed by atoms with Gasteiger partial charge in [-0.2, -0.15) is 5.10 Å². The van der Waals surface area contributed by atoms with E-state index in [1.165, 1.54) is 24.8 Å². The first kappa shape index (κ1) is 22.3. The number of ether oxygens (including phenoxy) is 1. The summed E-state index contributed by atoms with van der Waals surface area (Å²) >= 11 is 0. The van der Waals surface area contributed by atoms with Gasteiger partial charge in [-0.05, 0) is 81.4 Å². The predicted octanol–water partition coefficient (Wildman–Crippen LogP) is 4.35. The normalized spacial score (nSPS) is 15.1. The van der Waals surface area contributed by atoms with Gasteiger partial charge in [0.15, 0.2) is 5.65 Å². The van der Waals surface area contributed by atoms with E-state index in [1.807, 2.05) is 37.3 Å². The number of likely N-dealkylation sites (tertiary alicyclic amines) is 1. The smallest absolute Gasteiger partial charge is 0.262 e. The van der Waals surface area contributed by atoms with Crippen LogP contribution in [-0.4, -0.2) is 44.3 Å². The van der Waals surface area contributed by atoms with Gasteiger partial charge in [-0.25, -0.2) is 9.67 Å². The maximum absolute atomic E-state index is 12.6. The highest BCUT2D eigenvalue weighted by molar-refractivity contribution is 5.75. The van der Waals surface area contributed by atoms with Crippen molar-refractivity contribution < 1.29 is 4.74 Å². The van der Waals surface area contributed by atoms with E-state index in [-0.39, 0.29) is 5.56 Å². The van der Waals surface area contributed by atoms with E-state index in [9.17, 15) is 4.79 Å². The highest BCUT2D eigenvalue weighted by Crippen LogP contribution is 2.24. The van der Waals surface area contributed by atoms with Crippen molar-refractivity contribution in [3.05, 3.63) is 82.5 Å². The molecule has 0 saturated carbocycles. The number of hydrogen-bond donors (Lipinski definition) is 1. The number of H-pyrrole nitrogens is 1. The molecule has 7 nitrogen and oxygen atoms in total. The Morgan fingerprint density at radius 3 is 2.56 bits per heavy atom. The lowest BCUT2D eigenvalue weighted by atomic mass is 9.90. The molecule has 0 radical (unpaired) electrons. The van der Waals surface area contributed by atoms with E-state index in [4.69, 9.17) is 9.72 Å². The molecule has 1 saturated heterocycles. The number of hydrogen-bond acceptors (Lipinski definition) is 5. The molecular weight excluding hydrogens is 426 g/mol. The summed E-state index contributed by atoms with van der Waals surface area (Å²) in [5.74, 6) is 2.37. The monoisotopic (exact) mass is 457 g/mol. The van der Waals surface area contributed by atoms with Crippen LogP contribution in [-0.2, 0) is 13.0 Å². The third kappa shape index (κ3) is 5.04. The standard InChI is InChI=1S/C27H31N5O2/c1-2-34-23-12-10-20(11-13-23)8-9-21-14-16-31(17-15-21)19-25-29-26-24(27(33)30-25)18-28-32(26)22-6-4-3-5-7-22/h3-7,10-13,18,21H,2,8-9,14-17,19H2,1H3,(H,29,30,33). The first-order valence-electron chi connectivity index (χ1n) is 12.2. The summed E-state index contributed by atoms with van der Waals surface area (Å²) in [5, 5.41) is 4.91. The second-order valence-corrected chi connectivity index (χ2v) is 8.98. The van der Waals surface area contributed by atoms with Crippen LogP contribution in [0.3, 0.4) is 0 Å². The van der Waals surface area contributed by atoms with Crippen molar-refractivity contribution >= 4 is 11.0 Å². The van der Waals surface area contributed by atoms with Crippen molar-refractivity contribution in [3.63, 3.8) is 0 Å². The van der Waals surface area contributed by atoms with Gasteiger partial charge >= 0.3 is 0 Å². The Morgan fingerprint density at radius 1 is 1.06 bits per heavy atom. The lowest BCUT2D eigenvalue weighted by molar-refractivity contribution is 0.169. The van der Waals surface area contributed by atoms with Crippen LogP contribution in [0.5, 0.6) is 5.75 Å². The average molecular weight is 458 g/mol. The molecule has 0 bridgehead atoms. The molecule has 2 aromatic carbocycles. The van der Waals surface area contributed by atoms with E-state index in [2.05, 4.69) is 39.2 Å². The zero-order valence-electron chi connectivity index (χ0n) is 19.6. The minimum atomic E-state index is -0.132. The molecule has 176 valence electrons. The molecular formula is C27H31N5O2. The summed E-state index contributed by atoms with van der Waals surface area (Å²) in [5.41, 5.74) is 2.74. The fourth-order valence-electron chi connectivity index (χ4n) is 4.73. The lowest BCUT2D eigenvalue weighted by Crippen LogP contribution is -2.34. The number of nitrogens with one attached hydrogen (secondary N) is 1. The number of aromatic amines is 1. The van der Waals surface area contributed by atoms with Crippen molar-refractivity contribution in [1.29, 1.82) is 0 Å². The first-order chi connectivity index (χ1) is 16.7. The number of rotatable bonds is 8. The molecule has 3 heterocycles. The Hall–Kier alpha value is -3.45. The molecule has 1 aliphatic rings. The van der Waals surface area contributed by atoms with Crippen molar-refractivity contribution in [2.45, 2.75) is 39.2 Å². The number of nitrogens with zero attached hydrogens (tertiary/aromatic N) is 4. The first-order valence-corrected chi connectivity index (χ1v) is 12.2. The Labute approximate surface area is 199 Å². The van der Waals surface area contributed by atoms with Gasteiger partial charge in [0.05, 0.1) is 25.0 Å². The van der Waals surface area contributed by atoms with Gasteiger partial charge in [0.2, 0.25) is 0 Å². The van der Waals surface area contributed by atoms with Gasteiger partial charge in [-0.3, -0.25) is 9.69 Å². The summed E-state index contributed by atoms with van der Waals surface area (Å²) in [6.45, 7) is 5.40. The fourth-order valence-corrected chi connectivity index (χ4v) is 4.73. The number of benzene rings is 2. The number of aromatic nitrogens is 4. The molecule has 1 fully saturated rings. The molecule has 0 spiro atoms. The highest BCUT2D eigenvalue weighted by atomic mass is 16.5. The summed E-state index contributed by atoms with van der Waals surface area (Å²) in [7, 11) is 0. The van der Waals surface area contributed by atoms with Crippen molar-refractivity contribution in [3.8, 4) is 11.4 Å². The Morgan fingerprint density at radius 2 is 1.82 bits per heavy atom. The SMILES string of the molecule is CCOc1ccc(CCC2CCN(Cc3nc4c(cnn4-c4ccccc4)c(=O)[nH]3)CC2)cc1. The molecule has 1 aliphatic heterocycles. The van der Waals surface area contributed by atoms with Crippen LogP contribution < -0.4 is 10.3 Å². The zero-order valence-corrected chi connectivity index (χ0v) is 19.6. The van der Waals surface area contributed by atoms with Gasteiger partial charge in [0.25, 0.3) is 5.56 Å². The van der Waals surface area contributed by atoms with Gasteiger partial charge in [-0.15, -0.1) is 0 Å². The molecule has 34 heavy (non-hydrogen) atoms. The minimum Gasteiger partial charge on any atom is -0.494 e. The van der Waals surface area contributed by atoms with Gasteiger partial charge < -0.3 is 9.72 Å². The Kier molecular flexibility index (Phi) is 6.72. The van der Waals surface area contributed by atoms with Crippen LogP contribution in [0.25, 0.3) is 16.7 Å². The van der Waals surface area contributed by atoms with Crippen LogP contribution in [0.4, 0.5) is 0 Å². The molecule has 1 N–H and O–H groups in total. The average Bonchev–Trinajstić information content (AvgIpc) is 3.30. The molecule has 0 unspecified atom stereocenters. The minimum absolute atomic E-state index is 0.132.